The lowest BCUT2D eigenvalue weighted by Gasteiger charge is -2.32. The van der Waals surface area contributed by atoms with E-state index >= 15 is 0 Å². The van der Waals surface area contributed by atoms with Gasteiger partial charge in [-0.1, -0.05) is 6.92 Å². The molecule has 0 aromatic rings. The van der Waals surface area contributed by atoms with Crippen molar-refractivity contribution in [2.24, 2.45) is 4.99 Å². The topological polar surface area (TPSA) is 30.8 Å². The summed E-state index contributed by atoms with van der Waals surface area (Å²) in [5, 5.41) is 0. The molecule has 0 saturated carbocycles. The van der Waals surface area contributed by atoms with Crippen LogP contribution in [0.1, 0.15) is 34.6 Å². The maximum atomic E-state index is 13.3. The van der Waals surface area contributed by atoms with Crippen molar-refractivity contribution in [2.45, 2.75) is 51.6 Å². The first kappa shape index (κ1) is 14.4. The maximum absolute atomic E-state index is 13.3. The van der Waals surface area contributed by atoms with Gasteiger partial charge < -0.3 is 9.31 Å². The highest BCUT2D eigenvalue weighted by Gasteiger charge is 2.52. The van der Waals surface area contributed by atoms with E-state index in [1.807, 2.05) is 34.6 Å². The molecule has 0 aromatic heterocycles. The minimum Gasteiger partial charge on any atom is -0.403 e. The number of hydrogen-bond donors (Lipinski definition) is 0. The average Bonchev–Trinajstić information content (AvgIpc) is 2.36. The molecule has 1 aliphatic rings. The zero-order chi connectivity index (χ0) is 13.3. The van der Waals surface area contributed by atoms with Crippen LogP contribution in [0.15, 0.2) is 16.9 Å². The van der Waals surface area contributed by atoms with Gasteiger partial charge in [-0.25, -0.2) is 4.39 Å². The quantitative estimate of drug-likeness (QED) is 0.561. The maximum Gasteiger partial charge on any atom is 0.465 e. The Labute approximate surface area is 103 Å². The standard InChI is InChI=1S/C12H21BFNO2/c1-9(7-10(14)8-15-6)13-16-11(2,3)12(4,5)17-13/h7-9H,1-6H3/b10-7+,15-8?. The van der Waals surface area contributed by atoms with Gasteiger partial charge in [-0.2, -0.15) is 0 Å². The second-order valence-electron chi connectivity index (χ2n) is 5.42. The molecule has 0 N–H and O–H groups in total. The van der Waals surface area contributed by atoms with Crippen LogP contribution < -0.4 is 0 Å². The molecule has 1 atom stereocenters. The first-order valence-corrected chi connectivity index (χ1v) is 5.85. The summed E-state index contributed by atoms with van der Waals surface area (Å²) < 4.78 is 24.9. The fraction of sp³-hybridized carbons (Fsp3) is 0.750. The minimum atomic E-state index is -0.420. The molecule has 17 heavy (non-hydrogen) atoms. The highest BCUT2D eigenvalue weighted by Crippen LogP contribution is 2.40. The summed E-state index contributed by atoms with van der Waals surface area (Å²) in [5.74, 6) is -0.524. The fourth-order valence-corrected chi connectivity index (χ4v) is 1.60. The van der Waals surface area contributed by atoms with Gasteiger partial charge in [0.1, 0.15) is 5.83 Å². The number of nitrogens with zero attached hydrogens (tertiary/aromatic N) is 1. The third-order valence-electron chi connectivity index (χ3n) is 3.38. The molecule has 1 rings (SSSR count). The molecular weight excluding hydrogens is 220 g/mol. The van der Waals surface area contributed by atoms with Gasteiger partial charge in [0.2, 0.25) is 0 Å². The van der Waals surface area contributed by atoms with Gasteiger partial charge in [-0.3, -0.25) is 4.99 Å². The summed E-state index contributed by atoms with van der Waals surface area (Å²) in [6.45, 7) is 9.78. The Bertz CT molecular complexity index is 323. The minimum absolute atomic E-state index is 0.158. The lowest BCUT2D eigenvalue weighted by atomic mass is 9.73. The molecule has 0 spiro atoms. The van der Waals surface area contributed by atoms with E-state index in [1.54, 1.807) is 0 Å². The van der Waals surface area contributed by atoms with Crippen LogP contribution in [0.5, 0.6) is 0 Å². The van der Waals surface area contributed by atoms with E-state index in [9.17, 15) is 4.39 Å². The summed E-state index contributed by atoms with van der Waals surface area (Å²) in [4.78, 5) is 3.62. The molecule has 5 heteroatoms. The van der Waals surface area contributed by atoms with Crippen molar-refractivity contribution in [3.05, 3.63) is 11.9 Å². The van der Waals surface area contributed by atoms with E-state index in [0.29, 0.717) is 0 Å². The van der Waals surface area contributed by atoms with Crippen molar-refractivity contribution in [3.8, 4) is 0 Å². The summed E-state index contributed by atoms with van der Waals surface area (Å²) in [6.07, 6.45) is 2.65. The van der Waals surface area contributed by atoms with E-state index in [1.165, 1.54) is 19.3 Å². The Morgan fingerprint density at radius 3 is 2.12 bits per heavy atom. The molecule has 1 fully saturated rings. The van der Waals surface area contributed by atoms with Gasteiger partial charge in [0.15, 0.2) is 0 Å². The number of allylic oxidation sites excluding steroid dienone is 2. The Balaban J connectivity index is 2.75. The number of hydrogen-bond acceptors (Lipinski definition) is 3. The molecule has 0 radical (unpaired) electrons. The average molecular weight is 241 g/mol. The largest absolute Gasteiger partial charge is 0.465 e. The number of halogens is 1. The van der Waals surface area contributed by atoms with Crippen LogP contribution in [0.3, 0.4) is 0 Å². The molecule has 0 aliphatic carbocycles. The molecular formula is C12H21BFNO2. The van der Waals surface area contributed by atoms with E-state index < -0.39 is 7.12 Å². The number of rotatable bonds is 3. The molecule has 1 unspecified atom stereocenters. The van der Waals surface area contributed by atoms with Crippen molar-refractivity contribution >= 4 is 13.3 Å². The molecule has 1 saturated heterocycles. The third kappa shape index (κ3) is 3.16. The zero-order valence-electron chi connectivity index (χ0n) is 11.5. The van der Waals surface area contributed by atoms with Gasteiger partial charge >= 0.3 is 7.12 Å². The molecule has 0 bridgehead atoms. The second kappa shape index (κ2) is 4.90. The van der Waals surface area contributed by atoms with Crippen LogP contribution in [-0.2, 0) is 9.31 Å². The summed E-state index contributed by atoms with van der Waals surface area (Å²) >= 11 is 0. The summed E-state index contributed by atoms with van der Waals surface area (Å²) in [7, 11) is 1.11. The molecule has 1 aliphatic heterocycles. The normalized spacial score (nSPS) is 25.6. The van der Waals surface area contributed by atoms with Gasteiger partial charge in [0, 0.05) is 12.9 Å². The summed E-state index contributed by atoms with van der Waals surface area (Å²) in [6, 6.07) is 0. The molecule has 1 heterocycles. The van der Waals surface area contributed by atoms with Gasteiger partial charge in [-0.05, 0) is 33.8 Å². The first-order chi connectivity index (χ1) is 7.69. The molecule has 0 amide bonds. The van der Waals surface area contributed by atoms with Crippen LogP contribution >= 0.6 is 0 Å². The zero-order valence-corrected chi connectivity index (χ0v) is 11.5. The van der Waals surface area contributed by atoms with Gasteiger partial charge in [0.05, 0.1) is 17.4 Å². The second-order valence-corrected chi connectivity index (χ2v) is 5.42. The lowest BCUT2D eigenvalue weighted by molar-refractivity contribution is 0.00578. The van der Waals surface area contributed by atoms with E-state index in [-0.39, 0.29) is 22.8 Å². The van der Waals surface area contributed by atoms with Crippen LogP contribution in [0.4, 0.5) is 4.39 Å². The Kier molecular flexibility index (Phi) is 4.15. The Hall–Kier alpha value is -0.675. The highest BCUT2D eigenvalue weighted by atomic mass is 19.1. The molecule has 3 nitrogen and oxygen atoms in total. The monoisotopic (exact) mass is 241 g/mol. The Morgan fingerprint density at radius 2 is 1.71 bits per heavy atom. The van der Waals surface area contributed by atoms with Gasteiger partial charge in [-0.15, -0.1) is 0 Å². The number of aliphatic imine (C=N–C) groups is 1. The smallest absolute Gasteiger partial charge is 0.403 e. The highest BCUT2D eigenvalue weighted by molar-refractivity contribution is 6.48. The van der Waals surface area contributed by atoms with Crippen molar-refractivity contribution < 1.29 is 13.7 Å². The lowest BCUT2D eigenvalue weighted by Crippen LogP contribution is -2.41. The Morgan fingerprint density at radius 1 is 1.24 bits per heavy atom. The predicted octanol–water partition coefficient (Wildman–Crippen LogP) is 3.02. The third-order valence-corrected chi connectivity index (χ3v) is 3.38. The van der Waals surface area contributed by atoms with E-state index in [0.717, 1.165) is 0 Å². The van der Waals surface area contributed by atoms with Crippen LogP contribution in [0.25, 0.3) is 0 Å². The van der Waals surface area contributed by atoms with Crippen LogP contribution in [-0.4, -0.2) is 31.6 Å². The van der Waals surface area contributed by atoms with Crippen molar-refractivity contribution in [1.29, 1.82) is 0 Å². The molecule has 0 aromatic carbocycles. The van der Waals surface area contributed by atoms with Crippen LogP contribution in [0.2, 0.25) is 5.82 Å². The fourth-order valence-electron chi connectivity index (χ4n) is 1.60. The van der Waals surface area contributed by atoms with Crippen molar-refractivity contribution in [1.82, 2.24) is 0 Å². The van der Waals surface area contributed by atoms with Crippen LogP contribution in [0, 0.1) is 0 Å². The van der Waals surface area contributed by atoms with Crippen molar-refractivity contribution in [2.75, 3.05) is 7.05 Å². The molecule has 96 valence electrons. The SMILES string of the molecule is CN=C/C(F)=C\C(C)B1OC(C)(C)C(C)(C)O1. The van der Waals surface area contributed by atoms with Gasteiger partial charge in [0.25, 0.3) is 0 Å². The van der Waals surface area contributed by atoms with E-state index in [4.69, 9.17) is 9.31 Å². The van der Waals surface area contributed by atoms with E-state index in [2.05, 4.69) is 4.99 Å². The summed E-state index contributed by atoms with van der Waals surface area (Å²) in [5.41, 5.74) is -0.760. The van der Waals surface area contributed by atoms with Crippen molar-refractivity contribution in [3.63, 3.8) is 0 Å². The first-order valence-electron chi connectivity index (χ1n) is 5.85. The predicted molar refractivity (Wildman–Crippen MR) is 69.1 cm³/mol.